The zero-order valence-electron chi connectivity index (χ0n) is 19.3. The number of aliphatic imine (C=N–C) groups is 2. The number of hydrogen-bond donors (Lipinski definition) is 2. The highest BCUT2D eigenvalue weighted by molar-refractivity contribution is 9.10. The molecule has 0 saturated carbocycles. The molecule has 0 fully saturated rings. The summed E-state index contributed by atoms with van der Waals surface area (Å²) in [4.78, 5) is 9.03. The van der Waals surface area contributed by atoms with E-state index in [9.17, 15) is 10.2 Å². The molecule has 0 aliphatic rings. The Hall–Kier alpha value is -3.22. The van der Waals surface area contributed by atoms with E-state index >= 15 is 0 Å². The molecule has 4 rings (SSSR count). The number of halogens is 2. The van der Waals surface area contributed by atoms with Crippen LogP contribution in [0.25, 0.3) is 0 Å². The number of benzene rings is 4. The van der Waals surface area contributed by atoms with Gasteiger partial charge in [0.2, 0.25) is 0 Å². The Morgan fingerprint density at radius 3 is 1.34 bits per heavy atom. The smallest absolute Gasteiger partial charge is 0.141 e. The van der Waals surface area contributed by atoms with Crippen molar-refractivity contribution in [1.82, 2.24) is 0 Å². The van der Waals surface area contributed by atoms with E-state index < -0.39 is 5.41 Å². The lowest BCUT2D eigenvalue weighted by Gasteiger charge is -2.27. The minimum Gasteiger partial charge on any atom is -0.506 e. The van der Waals surface area contributed by atoms with E-state index in [4.69, 9.17) is 0 Å². The van der Waals surface area contributed by atoms with Crippen molar-refractivity contribution in [2.45, 2.75) is 19.3 Å². The Labute approximate surface area is 222 Å². The van der Waals surface area contributed by atoms with Crippen LogP contribution in [-0.4, -0.2) is 22.6 Å². The third-order valence-electron chi connectivity index (χ3n) is 5.84. The summed E-state index contributed by atoms with van der Waals surface area (Å²) in [5.41, 5.74) is 4.38. The molecule has 0 atom stereocenters. The Morgan fingerprint density at radius 2 is 0.971 bits per heavy atom. The first-order valence-corrected chi connectivity index (χ1v) is 12.6. The van der Waals surface area contributed by atoms with Crippen molar-refractivity contribution in [3.63, 3.8) is 0 Å². The van der Waals surface area contributed by atoms with Crippen LogP contribution in [0.4, 0.5) is 11.4 Å². The molecule has 0 aromatic heterocycles. The van der Waals surface area contributed by atoms with Crippen LogP contribution in [0.3, 0.4) is 0 Å². The minimum atomic E-state index is -0.425. The van der Waals surface area contributed by atoms with Gasteiger partial charge in [0.15, 0.2) is 0 Å². The highest BCUT2D eigenvalue weighted by Gasteiger charge is 2.25. The summed E-state index contributed by atoms with van der Waals surface area (Å²) in [5.74, 6) is 0.229. The van der Waals surface area contributed by atoms with E-state index in [1.807, 2.05) is 72.8 Å². The van der Waals surface area contributed by atoms with Gasteiger partial charge in [-0.05, 0) is 70.8 Å². The van der Waals surface area contributed by atoms with Gasteiger partial charge >= 0.3 is 0 Å². The second-order valence-corrected chi connectivity index (χ2v) is 10.5. The number of phenols is 2. The average molecular weight is 592 g/mol. The maximum absolute atomic E-state index is 10.4. The SMILES string of the molecule is CC(C)(c1ccc(O)c(N=Cc2ccc(Br)cc2)c1)c1ccc(O)c(N=Cc2ccc(Br)cc2)c1. The van der Waals surface area contributed by atoms with Gasteiger partial charge in [-0.1, -0.05) is 82.1 Å². The third-order valence-corrected chi connectivity index (χ3v) is 6.90. The first-order chi connectivity index (χ1) is 16.7. The van der Waals surface area contributed by atoms with Crippen molar-refractivity contribution in [2.24, 2.45) is 9.98 Å². The summed E-state index contributed by atoms with van der Waals surface area (Å²) in [5, 5.41) is 20.8. The van der Waals surface area contributed by atoms with Gasteiger partial charge in [0.25, 0.3) is 0 Å². The summed E-state index contributed by atoms with van der Waals surface area (Å²) in [7, 11) is 0. The second kappa shape index (κ2) is 10.6. The molecule has 4 aromatic carbocycles. The number of hydrogen-bond acceptors (Lipinski definition) is 4. The van der Waals surface area contributed by atoms with E-state index in [0.717, 1.165) is 31.2 Å². The average Bonchev–Trinajstić information content (AvgIpc) is 2.85. The van der Waals surface area contributed by atoms with Gasteiger partial charge in [0.05, 0.1) is 0 Å². The fourth-order valence-electron chi connectivity index (χ4n) is 3.58. The standard InChI is InChI=1S/C29H24Br2N2O2/c1-29(2,21-7-13-27(34)25(15-21)32-17-19-3-9-23(30)10-4-19)22-8-14-28(35)26(16-22)33-18-20-5-11-24(31)12-6-20/h3-18,34-35H,1-2H3. The Morgan fingerprint density at radius 1 is 0.600 bits per heavy atom. The summed E-state index contributed by atoms with van der Waals surface area (Å²) in [6.07, 6.45) is 3.46. The van der Waals surface area contributed by atoms with Crippen LogP contribution in [0.2, 0.25) is 0 Å². The Bertz CT molecular complexity index is 1290. The quantitative estimate of drug-likeness (QED) is 0.221. The van der Waals surface area contributed by atoms with Gasteiger partial charge in [0, 0.05) is 26.8 Å². The second-order valence-electron chi connectivity index (χ2n) is 8.65. The lowest BCUT2D eigenvalue weighted by molar-refractivity contribution is 0.475. The molecule has 2 N–H and O–H groups in total. The maximum atomic E-state index is 10.4. The highest BCUT2D eigenvalue weighted by atomic mass is 79.9. The predicted octanol–water partition coefficient (Wildman–Crippen LogP) is 8.45. The van der Waals surface area contributed by atoms with E-state index in [1.54, 1.807) is 24.6 Å². The molecule has 0 aliphatic heterocycles. The van der Waals surface area contributed by atoms with Crippen LogP contribution in [0, 0.1) is 0 Å². The maximum Gasteiger partial charge on any atom is 0.141 e. The minimum absolute atomic E-state index is 0.114. The van der Waals surface area contributed by atoms with Crippen LogP contribution >= 0.6 is 31.9 Å². The molecule has 6 heteroatoms. The lowest BCUT2D eigenvalue weighted by atomic mass is 9.77. The van der Waals surface area contributed by atoms with Gasteiger partial charge in [0.1, 0.15) is 22.9 Å². The van der Waals surface area contributed by atoms with Gasteiger partial charge < -0.3 is 10.2 Å². The van der Waals surface area contributed by atoms with Crippen molar-refractivity contribution < 1.29 is 10.2 Å². The fraction of sp³-hybridized carbons (Fsp3) is 0.103. The van der Waals surface area contributed by atoms with Crippen LogP contribution in [0.15, 0.2) is 104 Å². The molecule has 35 heavy (non-hydrogen) atoms. The number of nitrogens with zero attached hydrogens (tertiary/aromatic N) is 2. The fourth-order valence-corrected chi connectivity index (χ4v) is 4.11. The van der Waals surface area contributed by atoms with E-state index in [1.165, 1.54) is 0 Å². The normalized spacial score (nSPS) is 12.0. The highest BCUT2D eigenvalue weighted by Crippen LogP contribution is 2.39. The number of aromatic hydroxyl groups is 2. The van der Waals surface area contributed by atoms with Gasteiger partial charge in [-0.2, -0.15) is 0 Å². The molecular weight excluding hydrogens is 568 g/mol. The van der Waals surface area contributed by atoms with Crippen LogP contribution in [0.5, 0.6) is 11.5 Å². The van der Waals surface area contributed by atoms with Gasteiger partial charge in [-0.25, -0.2) is 0 Å². The molecule has 0 bridgehead atoms. The van der Waals surface area contributed by atoms with Crippen LogP contribution in [-0.2, 0) is 5.41 Å². The summed E-state index contributed by atoms with van der Waals surface area (Å²) < 4.78 is 1.99. The predicted molar refractivity (Wildman–Crippen MR) is 151 cm³/mol. The summed E-state index contributed by atoms with van der Waals surface area (Å²) in [6, 6.07) is 26.5. The summed E-state index contributed by atoms with van der Waals surface area (Å²) >= 11 is 6.86. The molecule has 176 valence electrons. The van der Waals surface area contributed by atoms with Crippen molar-refractivity contribution in [3.8, 4) is 11.5 Å². The Kier molecular flexibility index (Phi) is 7.53. The van der Waals surface area contributed by atoms with Crippen LogP contribution in [0.1, 0.15) is 36.1 Å². The van der Waals surface area contributed by atoms with Crippen molar-refractivity contribution >= 4 is 55.7 Å². The molecule has 0 radical (unpaired) electrons. The van der Waals surface area contributed by atoms with E-state index in [-0.39, 0.29) is 11.5 Å². The molecule has 0 spiro atoms. The molecule has 0 saturated heterocycles. The topological polar surface area (TPSA) is 65.2 Å². The van der Waals surface area contributed by atoms with Crippen molar-refractivity contribution in [3.05, 3.63) is 116 Å². The van der Waals surface area contributed by atoms with Gasteiger partial charge in [-0.3, -0.25) is 9.98 Å². The molecule has 0 heterocycles. The molecule has 0 unspecified atom stereocenters. The molecule has 0 amide bonds. The van der Waals surface area contributed by atoms with Gasteiger partial charge in [-0.15, -0.1) is 0 Å². The molecular formula is C29H24Br2N2O2. The summed E-state index contributed by atoms with van der Waals surface area (Å²) in [6.45, 7) is 4.19. The zero-order valence-corrected chi connectivity index (χ0v) is 22.5. The monoisotopic (exact) mass is 590 g/mol. The van der Waals surface area contributed by atoms with E-state index in [0.29, 0.717) is 11.4 Å². The van der Waals surface area contributed by atoms with E-state index in [2.05, 4.69) is 55.7 Å². The van der Waals surface area contributed by atoms with Crippen molar-refractivity contribution in [1.29, 1.82) is 0 Å². The zero-order chi connectivity index (χ0) is 25.0. The number of rotatable bonds is 6. The van der Waals surface area contributed by atoms with Crippen molar-refractivity contribution in [2.75, 3.05) is 0 Å². The first-order valence-electron chi connectivity index (χ1n) is 11.0. The lowest BCUT2D eigenvalue weighted by Crippen LogP contribution is -2.18. The first kappa shape index (κ1) is 24.9. The molecule has 4 nitrogen and oxygen atoms in total. The third kappa shape index (κ3) is 6.08. The largest absolute Gasteiger partial charge is 0.506 e. The van der Waals surface area contributed by atoms with Crippen LogP contribution < -0.4 is 0 Å². The molecule has 0 aliphatic carbocycles. The number of phenolic OH excluding ortho intramolecular Hbond substituents is 2. The Balaban J connectivity index is 1.63. The molecule has 4 aromatic rings.